The molecule has 1 saturated heterocycles. The molecule has 0 N–H and O–H groups in total. The maximum atomic E-state index is 5.41. The van der Waals surface area contributed by atoms with E-state index in [0.717, 1.165) is 36.3 Å². The highest BCUT2D eigenvalue weighted by atomic mass is 79.9. The molecule has 1 fully saturated rings. The minimum absolute atomic E-state index is 0.121. The van der Waals surface area contributed by atoms with Crippen LogP contribution in [0.5, 0.6) is 0 Å². The molecule has 0 bridgehead atoms. The Hall–Kier alpha value is -1.24. The predicted octanol–water partition coefficient (Wildman–Crippen LogP) is 2.89. The lowest BCUT2D eigenvalue weighted by atomic mass is 10.2. The van der Waals surface area contributed by atoms with Gasteiger partial charge in [0.25, 0.3) is 0 Å². The first-order valence-corrected chi connectivity index (χ1v) is 7.44. The van der Waals surface area contributed by atoms with E-state index in [1.807, 2.05) is 24.3 Å². The molecule has 2 heterocycles. The van der Waals surface area contributed by atoms with Gasteiger partial charge in [-0.15, -0.1) is 0 Å². The van der Waals surface area contributed by atoms with Gasteiger partial charge >= 0.3 is 0 Å². The molecule has 6 heteroatoms. The average molecular weight is 338 g/mol. The first kappa shape index (κ1) is 13.7. The number of hydrogen-bond donors (Lipinski definition) is 0. The molecule has 2 aromatic rings. The van der Waals surface area contributed by atoms with Crippen LogP contribution in [0.3, 0.4) is 0 Å². The lowest BCUT2D eigenvalue weighted by Gasteiger charge is -2.29. The molecule has 0 spiro atoms. The Bertz CT molecular complexity index is 564. The van der Waals surface area contributed by atoms with Crippen molar-refractivity contribution in [1.29, 1.82) is 0 Å². The van der Waals surface area contributed by atoms with Crippen molar-refractivity contribution in [3.8, 4) is 11.4 Å². The van der Waals surface area contributed by atoms with Crippen LogP contribution in [0.2, 0.25) is 0 Å². The van der Waals surface area contributed by atoms with Gasteiger partial charge in [-0.2, -0.15) is 4.98 Å². The molecule has 1 aromatic carbocycles. The van der Waals surface area contributed by atoms with Gasteiger partial charge in [0.15, 0.2) is 0 Å². The summed E-state index contributed by atoms with van der Waals surface area (Å²) in [4.78, 5) is 6.80. The van der Waals surface area contributed by atoms with Crippen LogP contribution in [0.4, 0.5) is 0 Å². The monoisotopic (exact) mass is 337 g/mol. The van der Waals surface area contributed by atoms with E-state index in [1.54, 1.807) is 0 Å². The van der Waals surface area contributed by atoms with Gasteiger partial charge in [-0.1, -0.05) is 21.1 Å². The molecule has 0 unspecified atom stereocenters. The molecule has 1 aliphatic rings. The van der Waals surface area contributed by atoms with E-state index in [4.69, 9.17) is 9.26 Å². The smallest absolute Gasteiger partial charge is 0.244 e. The molecule has 1 aromatic heterocycles. The standard InChI is InChI=1S/C14H16BrN3O2/c1-10(18-6-8-19-9-7-18)14-16-13(17-20-14)11-2-4-12(15)5-3-11/h2-5,10H,6-9H2,1H3/t10-/m0/s1. The van der Waals surface area contributed by atoms with Crippen LogP contribution in [-0.2, 0) is 4.74 Å². The number of hydrogen-bond acceptors (Lipinski definition) is 5. The van der Waals surface area contributed by atoms with Gasteiger partial charge in [-0.3, -0.25) is 4.90 Å². The average Bonchev–Trinajstić information content (AvgIpc) is 2.98. The molecular formula is C14H16BrN3O2. The first-order chi connectivity index (χ1) is 9.74. The Kier molecular flexibility index (Phi) is 4.14. The van der Waals surface area contributed by atoms with Crippen LogP contribution in [0.15, 0.2) is 33.3 Å². The topological polar surface area (TPSA) is 51.4 Å². The fraction of sp³-hybridized carbons (Fsp3) is 0.429. The fourth-order valence-electron chi connectivity index (χ4n) is 2.24. The third-order valence-electron chi connectivity index (χ3n) is 3.49. The summed E-state index contributed by atoms with van der Waals surface area (Å²) in [5.74, 6) is 1.29. The molecule has 0 amide bonds. The number of morpholine rings is 1. The molecule has 0 saturated carbocycles. The molecule has 3 rings (SSSR count). The molecule has 1 aliphatic heterocycles. The lowest BCUT2D eigenvalue weighted by molar-refractivity contribution is 0.0134. The second kappa shape index (κ2) is 6.03. The third-order valence-corrected chi connectivity index (χ3v) is 4.02. The predicted molar refractivity (Wildman–Crippen MR) is 78.2 cm³/mol. The number of benzene rings is 1. The first-order valence-electron chi connectivity index (χ1n) is 6.65. The van der Waals surface area contributed by atoms with Gasteiger partial charge in [0.05, 0.1) is 19.3 Å². The second-order valence-corrected chi connectivity index (χ2v) is 5.70. The van der Waals surface area contributed by atoms with Crippen molar-refractivity contribution in [3.63, 3.8) is 0 Å². The largest absolute Gasteiger partial charge is 0.379 e. The van der Waals surface area contributed by atoms with Gasteiger partial charge < -0.3 is 9.26 Å². The Morgan fingerprint density at radius 2 is 1.90 bits per heavy atom. The van der Waals surface area contributed by atoms with E-state index in [0.29, 0.717) is 11.7 Å². The van der Waals surface area contributed by atoms with Crippen molar-refractivity contribution in [2.75, 3.05) is 26.3 Å². The van der Waals surface area contributed by atoms with Crippen LogP contribution >= 0.6 is 15.9 Å². The zero-order chi connectivity index (χ0) is 13.9. The maximum Gasteiger partial charge on any atom is 0.244 e. The van der Waals surface area contributed by atoms with Gasteiger partial charge in [0, 0.05) is 23.1 Å². The van der Waals surface area contributed by atoms with Crippen molar-refractivity contribution in [3.05, 3.63) is 34.6 Å². The molecule has 106 valence electrons. The SMILES string of the molecule is C[C@@H](c1nc(-c2ccc(Br)cc2)no1)N1CCOCC1. The number of halogens is 1. The molecule has 5 nitrogen and oxygen atoms in total. The highest BCUT2D eigenvalue weighted by Gasteiger charge is 2.23. The van der Waals surface area contributed by atoms with E-state index in [1.165, 1.54) is 0 Å². The van der Waals surface area contributed by atoms with Gasteiger partial charge in [-0.25, -0.2) is 0 Å². The highest BCUT2D eigenvalue weighted by Crippen LogP contribution is 2.24. The number of rotatable bonds is 3. The summed E-state index contributed by atoms with van der Waals surface area (Å²) in [6.45, 7) is 5.41. The van der Waals surface area contributed by atoms with Crippen molar-refractivity contribution >= 4 is 15.9 Å². The van der Waals surface area contributed by atoms with Crippen molar-refractivity contribution < 1.29 is 9.26 Å². The van der Waals surface area contributed by atoms with Crippen LogP contribution in [0, 0.1) is 0 Å². The second-order valence-electron chi connectivity index (χ2n) is 4.79. The molecule has 1 atom stereocenters. The van der Waals surface area contributed by atoms with E-state index >= 15 is 0 Å². The Balaban J connectivity index is 1.77. The number of aromatic nitrogens is 2. The van der Waals surface area contributed by atoms with Crippen LogP contribution in [-0.4, -0.2) is 41.3 Å². The van der Waals surface area contributed by atoms with Crippen LogP contribution in [0.1, 0.15) is 18.9 Å². The summed E-state index contributed by atoms with van der Waals surface area (Å²) in [6.07, 6.45) is 0. The highest BCUT2D eigenvalue weighted by molar-refractivity contribution is 9.10. The summed E-state index contributed by atoms with van der Waals surface area (Å²) in [5.41, 5.74) is 0.956. The normalized spacial score (nSPS) is 18.1. The summed E-state index contributed by atoms with van der Waals surface area (Å²) in [6, 6.07) is 8.00. The quantitative estimate of drug-likeness (QED) is 0.861. The van der Waals surface area contributed by atoms with E-state index < -0.39 is 0 Å². The van der Waals surface area contributed by atoms with E-state index in [2.05, 4.69) is 37.9 Å². The van der Waals surface area contributed by atoms with Crippen LogP contribution in [0.25, 0.3) is 11.4 Å². The third kappa shape index (κ3) is 2.92. The Morgan fingerprint density at radius 3 is 2.60 bits per heavy atom. The van der Waals surface area contributed by atoms with Gasteiger partial charge in [-0.05, 0) is 31.2 Å². The Labute approximate surface area is 126 Å². The van der Waals surface area contributed by atoms with Gasteiger partial charge in [0.2, 0.25) is 11.7 Å². The number of nitrogens with zero attached hydrogens (tertiary/aromatic N) is 3. The zero-order valence-electron chi connectivity index (χ0n) is 11.3. The molecule has 0 radical (unpaired) electrons. The maximum absolute atomic E-state index is 5.41. The number of ether oxygens (including phenoxy) is 1. The Morgan fingerprint density at radius 1 is 1.20 bits per heavy atom. The van der Waals surface area contributed by atoms with Crippen molar-refractivity contribution in [1.82, 2.24) is 15.0 Å². The summed E-state index contributed by atoms with van der Waals surface area (Å²) in [5, 5.41) is 4.07. The van der Waals surface area contributed by atoms with Crippen LogP contribution < -0.4 is 0 Å². The summed E-state index contributed by atoms with van der Waals surface area (Å²) >= 11 is 3.42. The lowest BCUT2D eigenvalue weighted by Crippen LogP contribution is -2.38. The molecular weight excluding hydrogens is 322 g/mol. The molecule has 20 heavy (non-hydrogen) atoms. The summed E-state index contributed by atoms with van der Waals surface area (Å²) in [7, 11) is 0. The molecule has 0 aliphatic carbocycles. The van der Waals surface area contributed by atoms with Crippen molar-refractivity contribution in [2.45, 2.75) is 13.0 Å². The summed E-state index contributed by atoms with van der Waals surface area (Å²) < 4.78 is 11.8. The minimum Gasteiger partial charge on any atom is -0.379 e. The van der Waals surface area contributed by atoms with Gasteiger partial charge in [0.1, 0.15) is 0 Å². The van der Waals surface area contributed by atoms with Crippen molar-refractivity contribution in [2.24, 2.45) is 0 Å². The fourth-order valence-corrected chi connectivity index (χ4v) is 2.51. The van der Waals surface area contributed by atoms with E-state index in [9.17, 15) is 0 Å². The minimum atomic E-state index is 0.121. The van der Waals surface area contributed by atoms with E-state index in [-0.39, 0.29) is 6.04 Å². The zero-order valence-corrected chi connectivity index (χ0v) is 12.8.